The summed E-state index contributed by atoms with van der Waals surface area (Å²) in [5.41, 5.74) is 7.54. The van der Waals surface area contributed by atoms with Crippen molar-refractivity contribution in [2.45, 2.75) is 24.9 Å². The number of nitrogens with two attached hydrogens (primary N) is 1. The van der Waals surface area contributed by atoms with Crippen molar-refractivity contribution in [3.05, 3.63) is 29.8 Å². The second kappa shape index (κ2) is 7.90. The van der Waals surface area contributed by atoms with E-state index in [9.17, 15) is 9.59 Å². The fourth-order valence-electron chi connectivity index (χ4n) is 3.15. The van der Waals surface area contributed by atoms with E-state index in [1.807, 2.05) is 42.8 Å². The van der Waals surface area contributed by atoms with Crippen molar-refractivity contribution in [2.24, 2.45) is 18.7 Å². The molecule has 138 valence electrons. The number of rotatable bonds is 5. The highest BCUT2D eigenvalue weighted by Crippen LogP contribution is 2.25. The Labute approximate surface area is 157 Å². The normalized spacial score (nSPS) is 17.3. The van der Waals surface area contributed by atoms with E-state index in [2.05, 4.69) is 10.2 Å². The van der Waals surface area contributed by atoms with E-state index >= 15 is 0 Å². The molecule has 1 saturated heterocycles. The summed E-state index contributed by atoms with van der Waals surface area (Å²) in [5.74, 6) is 0.489. The smallest absolute Gasteiger partial charge is 0.233 e. The fraction of sp³-hybridized carbons (Fsp3) is 0.444. The predicted octanol–water partition coefficient (Wildman–Crippen LogP) is 1.61. The number of hydrogen-bond acceptors (Lipinski definition) is 5. The number of nitrogens with zero attached hydrogens (tertiary/aromatic N) is 4. The summed E-state index contributed by atoms with van der Waals surface area (Å²) in [7, 11) is 1.90. The summed E-state index contributed by atoms with van der Waals surface area (Å²) in [6, 6.07) is 8.00. The van der Waals surface area contributed by atoms with Crippen LogP contribution in [0.1, 0.15) is 18.4 Å². The maximum atomic E-state index is 12.5. The number of likely N-dealkylation sites (tertiary alicyclic amines) is 1. The van der Waals surface area contributed by atoms with Gasteiger partial charge in [-0.2, -0.15) is 0 Å². The average Bonchev–Trinajstić information content (AvgIpc) is 3.00. The monoisotopic (exact) mass is 373 g/mol. The van der Waals surface area contributed by atoms with Crippen LogP contribution >= 0.6 is 11.8 Å². The van der Waals surface area contributed by atoms with Crippen LogP contribution in [0, 0.1) is 12.8 Å². The van der Waals surface area contributed by atoms with Gasteiger partial charge in [0.1, 0.15) is 0 Å². The van der Waals surface area contributed by atoms with E-state index in [0.717, 1.165) is 29.8 Å². The van der Waals surface area contributed by atoms with E-state index in [0.29, 0.717) is 18.2 Å². The number of aryl methyl sites for hydroxylation is 1. The minimum absolute atomic E-state index is 0.00129. The summed E-state index contributed by atoms with van der Waals surface area (Å²) in [6.07, 6.45) is 1.57. The van der Waals surface area contributed by atoms with E-state index < -0.39 is 0 Å². The number of benzene rings is 1. The largest absolute Gasteiger partial charge is 0.369 e. The Bertz CT molecular complexity index is 820. The molecule has 0 spiro atoms. The van der Waals surface area contributed by atoms with Crippen LogP contribution in [-0.2, 0) is 16.6 Å². The summed E-state index contributed by atoms with van der Waals surface area (Å²) in [4.78, 5) is 25.6. The highest BCUT2D eigenvalue weighted by Gasteiger charge is 2.27. The fourth-order valence-corrected chi connectivity index (χ4v) is 3.97. The van der Waals surface area contributed by atoms with E-state index in [4.69, 9.17) is 5.73 Å². The molecule has 7 nitrogen and oxygen atoms in total. The Morgan fingerprint density at radius 2 is 2.08 bits per heavy atom. The van der Waals surface area contributed by atoms with Gasteiger partial charge in [-0.05, 0) is 25.3 Å². The molecule has 26 heavy (non-hydrogen) atoms. The van der Waals surface area contributed by atoms with Crippen molar-refractivity contribution in [3.63, 3.8) is 0 Å². The van der Waals surface area contributed by atoms with Crippen LogP contribution in [0.15, 0.2) is 29.4 Å². The van der Waals surface area contributed by atoms with E-state index in [-0.39, 0.29) is 23.5 Å². The first-order valence-corrected chi connectivity index (χ1v) is 9.61. The van der Waals surface area contributed by atoms with Gasteiger partial charge in [-0.3, -0.25) is 9.59 Å². The molecule has 0 bridgehead atoms. The SMILES string of the molecule is Cc1ccccc1-c1nnc(SCC(=O)N2CCCC(C(N)=O)C2)n1C. The number of thioether (sulfide) groups is 1. The first kappa shape index (κ1) is 18.4. The third-order valence-electron chi connectivity index (χ3n) is 4.72. The highest BCUT2D eigenvalue weighted by molar-refractivity contribution is 7.99. The minimum Gasteiger partial charge on any atom is -0.369 e. The Hall–Kier alpha value is -2.35. The van der Waals surface area contributed by atoms with Crippen molar-refractivity contribution in [2.75, 3.05) is 18.8 Å². The second-order valence-corrected chi connectivity index (χ2v) is 7.49. The summed E-state index contributed by atoms with van der Waals surface area (Å²) < 4.78 is 1.91. The molecule has 1 aliphatic rings. The quantitative estimate of drug-likeness (QED) is 0.804. The topological polar surface area (TPSA) is 94.1 Å². The maximum Gasteiger partial charge on any atom is 0.233 e. The van der Waals surface area contributed by atoms with Gasteiger partial charge in [0.25, 0.3) is 0 Å². The van der Waals surface area contributed by atoms with Gasteiger partial charge in [0.2, 0.25) is 11.8 Å². The molecule has 2 aromatic rings. The molecule has 2 heterocycles. The van der Waals surface area contributed by atoms with Crippen LogP contribution in [0.2, 0.25) is 0 Å². The van der Waals surface area contributed by atoms with Crippen LogP contribution in [-0.4, -0.2) is 50.3 Å². The molecule has 1 unspecified atom stereocenters. The van der Waals surface area contributed by atoms with Gasteiger partial charge in [0.15, 0.2) is 11.0 Å². The lowest BCUT2D eigenvalue weighted by Crippen LogP contribution is -2.44. The Morgan fingerprint density at radius 3 is 2.81 bits per heavy atom. The zero-order valence-corrected chi connectivity index (χ0v) is 15.8. The third-order valence-corrected chi connectivity index (χ3v) is 5.73. The number of carbonyl (C=O) groups excluding carboxylic acids is 2. The van der Waals surface area contributed by atoms with Gasteiger partial charge >= 0.3 is 0 Å². The van der Waals surface area contributed by atoms with Crippen molar-refractivity contribution in [1.82, 2.24) is 19.7 Å². The summed E-state index contributed by atoms with van der Waals surface area (Å²) in [6.45, 7) is 3.13. The molecule has 1 atom stereocenters. The average molecular weight is 373 g/mol. The van der Waals surface area contributed by atoms with Crippen LogP contribution < -0.4 is 5.73 Å². The minimum atomic E-state index is -0.327. The predicted molar refractivity (Wildman–Crippen MR) is 100 cm³/mol. The highest BCUT2D eigenvalue weighted by atomic mass is 32.2. The number of hydrogen-bond donors (Lipinski definition) is 1. The molecule has 8 heteroatoms. The van der Waals surface area contributed by atoms with E-state index in [1.54, 1.807) is 4.90 Å². The van der Waals surface area contributed by atoms with Crippen molar-refractivity contribution >= 4 is 23.6 Å². The molecule has 3 rings (SSSR count). The van der Waals surface area contributed by atoms with Gasteiger partial charge in [-0.25, -0.2) is 0 Å². The first-order chi connectivity index (χ1) is 12.5. The molecular formula is C18H23N5O2S. The van der Waals surface area contributed by atoms with Crippen LogP contribution in [0.5, 0.6) is 0 Å². The maximum absolute atomic E-state index is 12.5. The molecule has 1 aromatic heterocycles. The lowest BCUT2D eigenvalue weighted by Gasteiger charge is -2.31. The van der Waals surface area contributed by atoms with Gasteiger partial charge in [-0.15, -0.1) is 10.2 Å². The molecule has 1 fully saturated rings. The summed E-state index contributed by atoms with van der Waals surface area (Å²) in [5, 5.41) is 9.20. The molecule has 0 aliphatic carbocycles. The van der Waals surface area contributed by atoms with Crippen LogP contribution in [0.4, 0.5) is 0 Å². The Kier molecular flexibility index (Phi) is 5.61. The number of primary amides is 1. The molecule has 0 saturated carbocycles. The van der Waals surface area contributed by atoms with Crippen LogP contribution in [0.25, 0.3) is 11.4 Å². The second-order valence-electron chi connectivity index (χ2n) is 6.55. The zero-order chi connectivity index (χ0) is 18.7. The number of piperidine rings is 1. The molecule has 1 aromatic carbocycles. The number of carbonyl (C=O) groups is 2. The Morgan fingerprint density at radius 1 is 1.31 bits per heavy atom. The molecule has 0 radical (unpaired) electrons. The van der Waals surface area contributed by atoms with Gasteiger partial charge in [0.05, 0.1) is 11.7 Å². The molecule has 2 N–H and O–H groups in total. The first-order valence-electron chi connectivity index (χ1n) is 8.62. The van der Waals surface area contributed by atoms with Gasteiger partial charge in [0, 0.05) is 25.7 Å². The standard InChI is InChI=1S/C18H23N5O2S/c1-12-6-3-4-8-14(12)17-20-21-18(22(17)2)26-11-15(24)23-9-5-7-13(10-23)16(19)25/h3-4,6,8,13H,5,7,9-11H2,1-2H3,(H2,19,25). The zero-order valence-electron chi connectivity index (χ0n) is 15.0. The number of amides is 2. The summed E-state index contributed by atoms with van der Waals surface area (Å²) >= 11 is 1.36. The van der Waals surface area contributed by atoms with Crippen LogP contribution in [0.3, 0.4) is 0 Å². The van der Waals surface area contributed by atoms with Gasteiger partial charge in [-0.1, -0.05) is 36.0 Å². The molecule has 2 amide bonds. The molecule has 1 aliphatic heterocycles. The molecular weight excluding hydrogens is 350 g/mol. The lowest BCUT2D eigenvalue weighted by atomic mass is 9.97. The van der Waals surface area contributed by atoms with Gasteiger partial charge < -0.3 is 15.2 Å². The lowest BCUT2D eigenvalue weighted by molar-refractivity contribution is -0.132. The van der Waals surface area contributed by atoms with Crippen molar-refractivity contribution < 1.29 is 9.59 Å². The van der Waals surface area contributed by atoms with Crippen molar-refractivity contribution in [1.29, 1.82) is 0 Å². The number of aromatic nitrogens is 3. The van der Waals surface area contributed by atoms with E-state index in [1.165, 1.54) is 11.8 Å². The van der Waals surface area contributed by atoms with Crippen molar-refractivity contribution in [3.8, 4) is 11.4 Å². The third kappa shape index (κ3) is 3.90. The Balaban J connectivity index is 1.64.